The van der Waals surface area contributed by atoms with E-state index in [1.165, 1.54) is 12.8 Å². The molecular formula is C10H14ClN3. The van der Waals surface area contributed by atoms with Gasteiger partial charge in [-0.3, -0.25) is 4.98 Å². The van der Waals surface area contributed by atoms with Gasteiger partial charge in [-0.15, -0.1) is 0 Å². The van der Waals surface area contributed by atoms with Crippen LogP contribution in [0.2, 0.25) is 5.15 Å². The van der Waals surface area contributed by atoms with Crippen molar-refractivity contribution in [1.29, 1.82) is 0 Å². The number of halogens is 1. The van der Waals surface area contributed by atoms with E-state index in [9.17, 15) is 0 Å². The van der Waals surface area contributed by atoms with Crippen LogP contribution in [0.4, 0.5) is 5.82 Å². The predicted molar refractivity (Wildman–Crippen MR) is 57.7 cm³/mol. The first kappa shape index (κ1) is 9.71. The fraction of sp³-hybridized carbons (Fsp3) is 0.600. The molecular weight excluding hydrogens is 198 g/mol. The maximum atomic E-state index is 5.79. The Morgan fingerprint density at radius 2 is 2.07 bits per heavy atom. The number of nitrogens with zero attached hydrogens (tertiary/aromatic N) is 3. The third-order valence-corrected chi connectivity index (χ3v) is 2.88. The van der Waals surface area contributed by atoms with Gasteiger partial charge in [0.25, 0.3) is 0 Å². The Hall–Kier alpha value is -0.830. The predicted octanol–water partition coefficient (Wildman–Crippen LogP) is 2.37. The van der Waals surface area contributed by atoms with E-state index in [4.69, 9.17) is 11.6 Å². The molecule has 0 bridgehead atoms. The molecule has 1 aliphatic rings. The molecule has 0 spiro atoms. The fourth-order valence-electron chi connectivity index (χ4n) is 1.72. The Bertz CT molecular complexity index is 308. The summed E-state index contributed by atoms with van der Waals surface area (Å²) in [7, 11) is 0. The minimum Gasteiger partial charge on any atom is -0.355 e. The van der Waals surface area contributed by atoms with Gasteiger partial charge in [0.1, 0.15) is 11.0 Å². The lowest BCUT2D eigenvalue weighted by Gasteiger charge is -2.30. The molecule has 0 aliphatic carbocycles. The van der Waals surface area contributed by atoms with Crippen LogP contribution in [0.1, 0.15) is 19.8 Å². The number of piperidine rings is 1. The minimum absolute atomic E-state index is 0.473. The molecule has 2 rings (SSSR count). The molecule has 3 nitrogen and oxygen atoms in total. The topological polar surface area (TPSA) is 29.0 Å². The second kappa shape index (κ2) is 4.13. The third-order valence-electron chi connectivity index (χ3n) is 2.70. The lowest BCUT2D eigenvalue weighted by molar-refractivity contribution is 0.436. The standard InChI is InChI=1S/C10H14ClN3/c1-8-2-4-14(5-3-8)10-7-12-6-9(11)13-10/h6-8H,2-5H2,1H3. The summed E-state index contributed by atoms with van der Waals surface area (Å²) in [6.45, 7) is 4.42. The molecule has 1 aromatic heterocycles. The summed E-state index contributed by atoms with van der Waals surface area (Å²) >= 11 is 5.79. The van der Waals surface area contributed by atoms with Crippen molar-refractivity contribution in [3.8, 4) is 0 Å². The van der Waals surface area contributed by atoms with Crippen LogP contribution in [0.5, 0.6) is 0 Å². The highest BCUT2D eigenvalue weighted by molar-refractivity contribution is 6.29. The van der Waals surface area contributed by atoms with Gasteiger partial charge in [-0.1, -0.05) is 18.5 Å². The van der Waals surface area contributed by atoms with Crippen LogP contribution in [0.3, 0.4) is 0 Å². The Morgan fingerprint density at radius 3 is 2.71 bits per heavy atom. The summed E-state index contributed by atoms with van der Waals surface area (Å²) in [5, 5.41) is 0.473. The van der Waals surface area contributed by atoms with E-state index in [0.717, 1.165) is 24.8 Å². The van der Waals surface area contributed by atoms with Gasteiger partial charge >= 0.3 is 0 Å². The zero-order chi connectivity index (χ0) is 9.97. The van der Waals surface area contributed by atoms with Crippen LogP contribution >= 0.6 is 11.6 Å². The highest BCUT2D eigenvalue weighted by Gasteiger charge is 2.16. The number of hydrogen-bond acceptors (Lipinski definition) is 3. The van der Waals surface area contributed by atoms with Crippen LogP contribution in [-0.2, 0) is 0 Å². The molecule has 0 atom stereocenters. The van der Waals surface area contributed by atoms with E-state index in [0.29, 0.717) is 5.15 Å². The maximum Gasteiger partial charge on any atom is 0.149 e. The van der Waals surface area contributed by atoms with Crippen molar-refractivity contribution in [2.45, 2.75) is 19.8 Å². The van der Waals surface area contributed by atoms with Gasteiger partial charge < -0.3 is 4.90 Å². The first-order chi connectivity index (χ1) is 6.75. The van der Waals surface area contributed by atoms with Gasteiger partial charge in [0.2, 0.25) is 0 Å². The first-order valence-corrected chi connectivity index (χ1v) is 5.36. The lowest BCUT2D eigenvalue weighted by Crippen LogP contribution is -2.33. The van der Waals surface area contributed by atoms with Crippen LogP contribution in [0.25, 0.3) is 0 Å². The summed E-state index contributed by atoms with van der Waals surface area (Å²) in [6.07, 6.45) is 5.81. The second-order valence-corrected chi connectivity index (χ2v) is 4.26. The van der Waals surface area contributed by atoms with Crippen LogP contribution in [0, 0.1) is 5.92 Å². The first-order valence-electron chi connectivity index (χ1n) is 4.98. The van der Waals surface area contributed by atoms with Crippen molar-refractivity contribution in [2.24, 2.45) is 5.92 Å². The fourth-order valence-corrected chi connectivity index (χ4v) is 1.87. The summed E-state index contributed by atoms with van der Waals surface area (Å²) < 4.78 is 0. The van der Waals surface area contributed by atoms with E-state index >= 15 is 0 Å². The van der Waals surface area contributed by atoms with Crippen molar-refractivity contribution in [3.05, 3.63) is 17.5 Å². The molecule has 2 heterocycles. The molecule has 4 heteroatoms. The minimum atomic E-state index is 0.473. The summed E-state index contributed by atoms with van der Waals surface area (Å²) in [4.78, 5) is 10.5. The van der Waals surface area contributed by atoms with E-state index in [1.807, 2.05) is 0 Å². The summed E-state index contributed by atoms with van der Waals surface area (Å²) in [6, 6.07) is 0. The highest BCUT2D eigenvalue weighted by Crippen LogP contribution is 2.21. The molecule has 1 fully saturated rings. The molecule has 76 valence electrons. The van der Waals surface area contributed by atoms with Crippen molar-refractivity contribution >= 4 is 17.4 Å². The Kier molecular flexibility index (Phi) is 2.87. The van der Waals surface area contributed by atoms with Gasteiger partial charge in [0, 0.05) is 13.1 Å². The van der Waals surface area contributed by atoms with Crippen molar-refractivity contribution in [1.82, 2.24) is 9.97 Å². The Labute approximate surface area is 89.1 Å². The van der Waals surface area contributed by atoms with Crippen LogP contribution in [0.15, 0.2) is 12.4 Å². The molecule has 0 saturated carbocycles. The number of anilines is 1. The molecule has 0 amide bonds. The third kappa shape index (κ3) is 2.15. The van der Waals surface area contributed by atoms with Gasteiger partial charge in [-0.05, 0) is 18.8 Å². The van der Waals surface area contributed by atoms with Crippen LogP contribution < -0.4 is 4.90 Å². The zero-order valence-electron chi connectivity index (χ0n) is 8.28. The number of rotatable bonds is 1. The van der Waals surface area contributed by atoms with E-state index in [-0.39, 0.29) is 0 Å². The van der Waals surface area contributed by atoms with Gasteiger partial charge in [-0.2, -0.15) is 0 Å². The average Bonchev–Trinajstić information content (AvgIpc) is 2.19. The number of hydrogen-bond donors (Lipinski definition) is 0. The van der Waals surface area contributed by atoms with E-state index in [1.54, 1.807) is 12.4 Å². The quantitative estimate of drug-likeness (QED) is 0.714. The molecule has 0 N–H and O–H groups in total. The number of aromatic nitrogens is 2. The molecule has 1 saturated heterocycles. The van der Waals surface area contributed by atoms with Gasteiger partial charge in [0.05, 0.1) is 12.4 Å². The van der Waals surface area contributed by atoms with Crippen molar-refractivity contribution < 1.29 is 0 Å². The highest BCUT2D eigenvalue weighted by atomic mass is 35.5. The normalized spacial score (nSPS) is 18.6. The molecule has 0 unspecified atom stereocenters. The summed E-state index contributed by atoms with van der Waals surface area (Å²) in [5.74, 6) is 1.74. The van der Waals surface area contributed by atoms with Crippen LogP contribution in [-0.4, -0.2) is 23.1 Å². The van der Waals surface area contributed by atoms with E-state index in [2.05, 4.69) is 21.8 Å². The van der Waals surface area contributed by atoms with Gasteiger partial charge in [-0.25, -0.2) is 4.98 Å². The molecule has 0 aromatic carbocycles. The van der Waals surface area contributed by atoms with E-state index < -0.39 is 0 Å². The molecule has 1 aliphatic heterocycles. The zero-order valence-corrected chi connectivity index (χ0v) is 9.04. The molecule has 1 aromatic rings. The second-order valence-electron chi connectivity index (χ2n) is 3.87. The average molecular weight is 212 g/mol. The van der Waals surface area contributed by atoms with Crippen molar-refractivity contribution in [2.75, 3.05) is 18.0 Å². The largest absolute Gasteiger partial charge is 0.355 e. The SMILES string of the molecule is CC1CCN(c2cncc(Cl)n2)CC1. The van der Waals surface area contributed by atoms with Gasteiger partial charge in [0.15, 0.2) is 0 Å². The monoisotopic (exact) mass is 211 g/mol. The van der Waals surface area contributed by atoms with Crippen molar-refractivity contribution in [3.63, 3.8) is 0 Å². The molecule has 14 heavy (non-hydrogen) atoms. The Balaban J connectivity index is 2.08. The maximum absolute atomic E-state index is 5.79. The Morgan fingerprint density at radius 1 is 1.36 bits per heavy atom. The lowest BCUT2D eigenvalue weighted by atomic mass is 9.99. The smallest absolute Gasteiger partial charge is 0.149 e. The summed E-state index contributed by atoms with van der Waals surface area (Å²) in [5.41, 5.74) is 0. The molecule has 0 radical (unpaired) electrons.